The number of hydrogen-bond donors (Lipinski definition) is 2. The van der Waals surface area contributed by atoms with Gasteiger partial charge in [-0.05, 0) is 54.1 Å². The maximum absolute atomic E-state index is 13.4. The van der Waals surface area contributed by atoms with Crippen LogP contribution in [0.4, 0.5) is 0 Å². The fourth-order valence-electron chi connectivity index (χ4n) is 3.68. The zero-order valence-electron chi connectivity index (χ0n) is 17.3. The molecule has 4 rings (SSSR count). The third-order valence-corrected chi connectivity index (χ3v) is 7.20. The number of carbonyl (C=O) groups is 2. The highest BCUT2D eigenvalue weighted by atomic mass is 32.2. The van der Waals surface area contributed by atoms with Crippen LogP contribution in [0.25, 0.3) is 6.08 Å². The van der Waals surface area contributed by atoms with Crippen LogP contribution in [-0.2, 0) is 14.8 Å². The van der Waals surface area contributed by atoms with Gasteiger partial charge in [-0.2, -0.15) is 4.31 Å². The Hall–Kier alpha value is -3.82. The largest absolute Gasteiger partial charge is 0.508 e. The summed E-state index contributed by atoms with van der Waals surface area (Å²) in [4.78, 5) is 28.7. The molecule has 0 spiro atoms. The van der Waals surface area contributed by atoms with Gasteiger partial charge in [-0.1, -0.05) is 24.3 Å². The molecule has 0 amide bonds. The van der Waals surface area contributed by atoms with Gasteiger partial charge in [0.1, 0.15) is 5.75 Å². The van der Waals surface area contributed by atoms with Gasteiger partial charge in [-0.3, -0.25) is 9.78 Å². The molecule has 2 aromatic carbocycles. The van der Waals surface area contributed by atoms with Crippen LogP contribution in [-0.4, -0.2) is 52.8 Å². The fraction of sp³-hybridized carbons (Fsp3) is 0.125. The van der Waals surface area contributed by atoms with Crippen LogP contribution in [0.2, 0.25) is 0 Å². The average molecular weight is 464 g/mol. The number of nitrogens with zero attached hydrogens (tertiary/aromatic N) is 2. The van der Waals surface area contributed by atoms with Crippen molar-refractivity contribution >= 4 is 27.9 Å². The predicted octanol–water partition coefficient (Wildman–Crippen LogP) is 2.93. The number of benzene rings is 2. The molecule has 1 fully saturated rings. The number of aromatic nitrogens is 1. The number of phenols is 1. The molecular formula is C24H20N2O6S. The molecule has 0 saturated carbocycles. The maximum Gasteiger partial charge on any atom is 0.335 e. The highest BCUT2D eigenvalue weighted by Gasteiger charge is 2.38. The summed E-state index contributed by atoms with van der Waals surface area (Å²) in [6.45, 7) is -0.299. The van der Waals surface area contributed by atoms with Crippen molar-refractivity contribution < 1.29 is 28.2 Å². The molecule has 9 heteroatoms. The second-order valence-corrected chi connectivity index (χ2v) is 9.50. The molecule has 2 N–H and O–H groups in total. The second kappa shape index (κ2) is 8.97. The van der Waals surface area contributed by atoms with E-state index in [4.69, 9.17) is 0 Å². The van der Waals surface area contributed by atoms with Crippen molar-refractivity contribution in [1.82, 2.24) is 9.29 Å². The number of aromatic hydroxyl groups is 1. The SMILES string of the molecule is O=C(O)c1cccc(S(=O)(=O)N2CC(=Cc3ccccn3)C(=O)C(c3ccc(O)cc3)C2)c1. The first kappa shape index (κ1) is 22.4. The number of aromatic carboxylic acids is 1. The molecule has 2 heterocycles. The van der Waals surface area contributed by atoms with E-state index in [1.165, 1.54) is 34.6 Å². The Morgan fingerprint density at radius 1 is 1.06 bits per heavy atom. The summed E-state index contributed by atoms with van der Waals surface area (Å²) in [7, 11) is -4.11. The number of pyridine rings is 1. The van der Waals surface area contributed by atoms with Gasteiger partial charge in [0.05, 0.1) is 22.1 Å². The van der Waals surface area contributed by atoms with Gasteiger partial charge in [0.25, 0.3) is 0 Å². The molecule has 1 aliphatic heterocycles. The molecule has 0 aliphatic carbocycles. The molecule has 1 aromatic heterocycles. The summed E-state index contributed by atoms with van der Waals surface area (Å²) in [5, 5.41) is 18.9. The lowest BCUT2D eigenvalue weighted by molar-refractivity contribution is -0.118. The minimum absolute atomic E-state index is 0.0289. The van der Waals surface area contributed by atoms with Crippen molar-refractivity contribution in [1.29, 1.82) is 0 Å². The maximum atomic E-state index is 13.4. The van der Waals surface area contributed by atoms with Gasteiger partial charge >= 0.3 is 5.97 Å². The molecular weight excluding hydrogens is 444 g/mol. The van der Waals surface area contributed by atoms with Gasteiger partial charge in [0, 0.05) is 24.9 Å². The summed E-state index contributed by atoms with van der Waals surface area (Å²) in [6.07, 6.45) is 3.13. The Balaban J connectivity index is 1.78. The van der Waals surface area contributed by atoms with Crippen LogP contribution in [0.3, 0.4) is 0 Å². The van der Waals surface area contributed by atoms with E-state index >= 15 is 0 Å². The Bertz CT molecular complexity index is 1330. The number of carboxylic acid groups (broad SMARTS) is 1. The number of ketones is 1. The Morgan fingerprint density at radius 2 is 1.82 bits per heavy atom. The zero-order valence-corrected chi connectivity index (χ0v) is 18.1. The first-order chi connectivity index (χ1) is 15.8. The van der Waals surface area contributed by atoms with Crippen LogP contribution < -0.4 is 0 Å². The summed E-state index contributed by atoms with van der Waals surface area (Å²) in [5.74, 6) is -2.25. The number of piperidine rings is 1. The lowest BCUT2D eigenvalue weighted by Gasteiger charge is -2.33. The third-order valence-electron chi connectivity index (χ3n) is 5.39. The normalized spacial score (nSPS) is 18.4. The molecule has 1 atom stereocenters. The Morgan fingerprint density at radius 3 is 2.48 bits per heavy atom. The number of carbonyl (C=O) groups excluding carboxylic acids is 1. The van der Waals surface area contributed by atoms with Crippen molar-refractivity contribution in [3.8, 4) is 5.75 Å². The smallest absolute Gasteiger partial charge is 0.335 e. The fourth-order valence-corrected chi connectivity index (χ4v) is 5.16. The first-order valence-corrected chi connectivity index (χ1v) is 11.5. The van der Waals surface area contributed by atoms with E-state index in [2.05, 4.69) is 4.98 Å². The van der Waals surface area contributed by atoms with Crippen molar-refractivity contribution in [2.75, 3.05) is 13.1 Å². The van der Waals surface area contributed by atoms with E-state index in [1.807, 2.05) is 0 Å². The Labute approximate surface area is 190 Å². The third kappa shape index (κ3) is 4.69. The standard InChI is InChI=1S/C24H20N2O6S/c27-20-9-7-16(8-10-20)22-15-26(14-18(23(22)28)12-19-5-1-2-11-25-19)33(31,32)21-6-3-4-17(13-21)24(29)30/h1-13,22,27H,14-15H2,(H,29,30). The number of hydrogen-bond acceptors (Lipinski definition) is 6. The van der Waals surface area contributed by atoms with Gasteiger partial charge in [-0.15, -0.1) is 0 Å². The number of rotatable bonds is 5. The van der Waals surface area contributed by atoms with Crippen molar-refractivity contribution in [2.45, 2.75) is 10.8 Å². The first-order valence-electron chi connectivity index (χ1n) is 10.0. The van der Waals surface area contributed by atoms with Crippen molar-refractivity contribution in [3.63, 3.8) is 0 Å². The molecule has 3 aromatic rings. The van der Waals surface area contributed by atoms with Crippen LogP contribution >= 0.6 is 0 Å². The monoisotopic (exact) mass is 464 g/mol. The summed E-state index contributed by atoms with van der Waals surface area (Å²) in [5.41, 5.74) is 1.18. The zero-order chi connectivity index (χ0) is 23.6. The molecule has 0 radical (unpaired) electrons. The van der Waals surface area contributed by atoms with Gasteiger partial charge < -0.3 is 10.2 Å². The molecule has 1 aliphatic rings. The minimum Gasteiger partial charge on any atom is -0.508 e. The molecule has 168 valence electrons. The molecule has 1 saturated heterocycles. The highest BCUT2D eigenvalue weighted by Crippen LogP contribution is 2.32. The summed E-state index contributed by atoms with van der Waals surface area (Å²) < 4.78 is 28.0. The van der Waals surface area contributed by atoms with E-state index < -0.39 is 21.9 Å². The van der Waals surface area contributed by atoms with E-state index in [0.29, 0.717) is 11.3 Å². The van der Waals surface area contributed by atoms with Crippen molar-refractivity contribution in [2.24, 2.45) is 0 Å². The quantitative estimate of drug-likeness (QED) is 0.556. The minimum atomic E-state index is -4.11. The van der Waals surface area contributed by atoms with E-state index in [-0.39, 0.29) is 40.7 Å². The molecule has 1 unspecified atom stereocenters. The van der Waals surface area contributed by atoms with Gasteiger partial charge in [0.2, 0.25) is 10.0 Å². The molecule has 0 bridgehead atoms. The number of sulfonamides is 1. The number of phenolic OH excluding ortho intramolecular Hbond substituents is 1. The second-order valence-electron chi connectivity index (χ2n) is 7.56. The average Bonchev–Trinajstić information content (AvgIpc) is 2.81. The van der Waals surface area contributed by atoms with E-state index in [0.717, 1.165) is 6.07 Å². The molecule has 8 nitrogen and oxygen atoms in total. The summed E-state index contributed by atoms with van der Waals surface area (Å²) >= 11 is 0. The van der Waals surface area contributed by atoms with Gasteiger partial charge in [-0.25, -0.2) is 13.2 Å². The Kier molecular flexibility index (Phi) is 6.08. The van der Waals surface area contributed by atoms with Crippen LogP contribution in [0.5, 0.6) is 5.75 Å². The van der Waals surface area contributed by atoms with Gasteiger partial charge in [0.15, 0.2) is 5.78 Å². The van der Waals surface area contributed by atoms with E-state index in [9.17, 15) is 28.2 Å². The molecule has 33 heavy (non-hydrogen) atoms. The summed E-state index contributed by atoms with van der Waals surface area (Å²) in [6, 6.07) is 16.4. The number of carboxylic acids is 1. The lowest BCUT2D eigenvalue weighted by atomic mass is 9.87. The number of Topliss-reactive ketones (excluding diaryl/α,β-unsaturated/α-hetero) is 1. The van der Waals surface area contributed by atoms with Crippen molar-refractivity contribution in [3.05, 3.63) is 95.3 Å². The topological polar surface area (TPSA) is 125 Å². The predicted molar refractivity (Wildman–Crippen MR) is 120 cm³/mol. The lowest BCUT2D eigenvalue weighted by Crippen LogP contribution is -2.44. The van der Waals surface area contributed by atoms with E-state index in [1.54, 1.807) is 42.6 Å². The van der Waals surface area contributed by atoms with Crippen LogP contribution in [0, 0.1) is 0 Å². The van der Waals surface area contributed by atoms with Crippen LogP contribution in [0.15, 0.2) is 83.4 Å². The highest BCUT2D eigenvalue weighted by molar-refractivity contribution is 7.89. The van der Waals surface area contributed by atoms with Crippen LogP contribution in [0.1, 0.15) is 27.5 Å².